The van der Waals surface area contributed by atoms with E-state index in [4.69, 9.17) is 4.74 Å². The van der Waals surface area contributed by atoms with Gasteiger partial charge in [-0.25, -0.2) is 4.79 Å². The zero-order valence-electron chi connectivity index (χ0n) is 28.9. The molecule has 7 nitrogen and oxygen atoms in total. The first-order valence-corrected chi connectivity index (χ1v) is 18.1. The minimum absolute atomic E-state index is 0.0474. The van der Waals surface area contributed by atoms with Gasteiger partial charge in [0.1, 0.15) is 6.04 Å². The van der Waals surface area contributed by atoms with Gasteiger partial charge in [0.05, 0.1) is 13.7 Å². The summed E-state index contributed by atoms with van der Waals surface area (Å²) < 4.78 is 5.00. The lowest BCUT2D eigenvalue weighted by Gasteiger charge is -2.36. The minimum Gasteiger partial charge on any atom is -0.467 e. The van der Waals surface area contributed by atoms with Gasteiger partial charge in [-0.15, -0.1) is 0 Å². The molecule has 254 valence electrons. The van der Waals surface area contributed by atoms with Crippen LogP contribution in [-0.4, -0.2) is 67.0 Å². The van der Waals surface area contributed by atoms with Crippen LogP contribution in [0.1, 0.15) is 50.3 Å². The van der Waals surface area contributed by atoms with E-state index in [2.05, 4.69) is 72.6 Å². The highest BCUT2D eigenvalue weighted by Gasteiger charge is 2.28. The van der Waals surface area contributed by atoms with Gasteiger partial charge in [0.25, 0.3) is 0 Å². The molecular formula is C40H49N3O4S. The summed E-state index contributed by atoms with van der Waals surface area (Å²) in [4.78, 5) is 43.5. The summed E-state index contributed by atoms with van der Waals surface area (Å²) in [6, 6.07) is 32.1. The number of fused-ring (bicyclic) bond motifs is 1. The van der Waals surface area contributed by atoms with Gasteiger partial charge in [-0.3, -0.25) is 14.5 Å². The number of rotatable bonds is 17. The highest BCUT2D eigenvalue weighted by atomic mass is 32.2. The van der Waals surface area contributed by atoms with Crippen molar-refractivity contribution in [3.63, 3.8) is 0 Å². The van der Waals surface area contributed by atoms with Crippen molar-refractivity contribution in [2.24, 2.45) is 5.92 Å². The Morgan fingerprint density at radius 1 is 0.854 bits per heavy atom. The van der Waals surface area contributed by atoms with Crippen LogP contribution < -0.4 is 10.2 Å². The molecule has 2 amide bonds. The molecule has 0 aromatic heterocycles. The lowest BCUT2D eigenvalue weighted by atomic mass is 9.99. The van der Waals surface area contributed by atoms with E-state index in [-0.39, 0.29) is 24.4 Å². The minimum atomic E-state index is -0.719. The number of nitrogens with one attached hydrogen (secondary N) is 1. The highest BCUT2D eigenvalue weighted by Crippen LogP contribution is 2.26. The molecule has 4 aromatic rings. The third-order valence-electron chi connectivity index (χ3n) is 8.46. The predicted octanol–water partition coefficient (Wildman–Crippen LogP) is 7.11. The zero-order valence-corrected chi connectivity index (χ0v) is 29.7. The van der Waals surface area contributed by atoms with Crippen LogP contribution in [0.4, 0.5) is 5.69 Å². The number of benzene rings is 4. The smallest absolute Gasteiger partial charge is 0.328 e. The van der Waals surface area contributed by atoms with E-state index >= 15 is 0 Å². The molecule has 0 heterocycles. The van der Waals surface area contributed by atoms with E-state index in [1.165, 1.54) is 18.2 Å². The Hall–Kier alpha value is -4.14. The van der Waals surface area contributed by atoms with Gasteiger partial charge in [0, 0.05) is 31.7 Å². The maximum Gasteiger partial charge on any atom is 0.328 e. The van der Waals surface area contributed by atoms with Crippen LogP contribution in [0.2, 0.25) is 0 Å². The second-order valence-electron chi connectivity index (χ2n) is 12.7. The van der Waals surface area contributed by atoms with Gasteiger partial charge in [-0.1, -0.05) is 98.8 Å². The molecule has 0 saturated heterocycles. The van der Waals surface area contributed by atoms with Crippen LogP contribution >= 0.6 is 11.8 Å². The standard InChI is InChI=1S/C40H49N3O4S/c1-29(2)24-36(43(30(3)44)35-20-18-32(19-21-35)25-31-12-7-6-8-13-31)27-42(26-34-16-11-15-33-14-9-10-17-37(33)34)28-39(45)41-38(22-23-48-5)40(46)47-4/h6-21,29,36,38H,22-28H2,1-5H3,(H,41,45). The molecule has 4 aromatic carbocycles. The van der Waals surface area contributed by atoms with Gasteiger partial charge >= 0.3 is 5.97 Å². The summed E-state index contributed by atoms with van der Waals surface area (Å²) in [5.74, 6) is 0.267. The Balaban J connectivity index is 1.64. The number of carbonyl (C=O) groups is 3. The van der Waals surface area contributed by atoms with E-state index in [0.717, 1.165) is 34.9 Å². The number of hydrogen-bond acceptors (Lipinski definition) is 6. The summed E-state index contributed by atoms with van der Waals surface area (Å²) in [6.45, 7) is 6.95. The van der Waals surface area contributed by atoms with E-state index in [1.807, 2.05) is 59.7 Å². The van der Waals surface area contributed by atoms with Crippen LogP contribution in [0.15, 0.2) is 97.1 Å². The van der Waals surface area contributed by atoms with Crippen LogP contribution in [0.3, 0.4) is 0 Å². The molecule has 0 bridgehead atoms. The van der Waals surface area contributed by atoms with Crippen molar-refractivity contribution in [3.8, 4) is 0 Å². The topological polar surface area (TPSA) is 79.0 Å². The van der Waals surface area contributed by atoms with E-state index in [0.29, 0.717) is 31.2 Å². The number of carbonyl (C=O) groups excluding carboxylic acids is 3. The number of esters is 1. The third-order valence-corrected chi connectivity index (χ3v) is 9.10. The third kappa shape index (κ3) is 10.7. The number of thioether (sulfide) groups is 1. The predicted molar refractivity (Wildman–Crippen MR) is 198 cm³/mol. The quantitative estimate of drug-likeness (QED) is 0.121. The van der Waals surface area contributed by atoms with Crippen molar-refractivity contribution in [2.45, 2.75) is 58.7 Å². The van der Waals surface area contributed by atoms with Crippen LogP contribution in [0.25, 0.3) is 10.8 Å². The first-order valence-electron chi connectivity index (χ1n) is 16.7. The number of anilines is 1. The monoisotopic (exact) mass is 667 g/mol. The molecule has 48 heavy (non-hydrogen) atoms. The Labute approximate surface area is 290 Å². The Kier molecular flexibility index (Phi) is 14.1. The van der Waals surface area contributed by atoms with E-state index in [1.54, 1.807) is 18.7 Å². The molecule has 8 heteroatoms. The lowest BCUT2D eigenvalue weighted by molar-refractivity contribution is -0.145. The van der Waals surface area contributed by atoms with Gasteiger partial charge in [0.2, 0.25) is 11.8 Å². The first kappa shape index (κ1) is 36.7. The van der Waals surface area contributed by atoms with Gasteiger partial charge in [0.15, 0.2) is 0 Å². The van der Waals surface area contributed by atoms with Crippen molar-refractivity contribution < 1.29 is 19.1 Å². The maximum absolute atomic E-state index is 13.6. The van der Waals surface area contributed by atoms with Crippen molar-refractivity contribution in [2.75, 3.05) is 37.1 Å². The van der Waals surface area contributed by atoms with Crippen LogP contribution in [0.5, 0.6) is 0 Å². The Morgan fingerprint density at radius 2 is 1.52 bits per heavy atom. The molecule has 0 saturated carbocycles. The molecule has 1 N–H and O–H groups in total. The average molecular weight is 668 g/mol. The molecule has 0 aliphatic heterocycles. The number of hydrogen-bond donors (Lipinski definition) is 1. The van der Waals surface area contributed by atoms with Gasteiger partial charge in [-0.05, 0) is 76.8 Å². The molecule has 4 rings (SSSR count). The largest absolute Gasteiger partial charge is 0.467 e. The van der Waals surface area contributed by atoms with Gasteiger partial charge < -0.3 is 15.0 Å². The normalized spacial score (nSPS) is 12.6. The van der Waals surface area contributed by atoms with Gasteiger partial charge in [-0.2, -0.15) is 11.8 Å². The second-order valence-corrected chi connectivity index (χ2v) is 13.7. The summed E-state index contributed by atoms with van der Waals surface area (Å²) in [5, 5.41) is 5.18. The van der Waals surface area contributed by atoms with Crippen molar-refractivity contribution in [1.82, 2.24) is 10.2 Å². The average Bonchev–Trinajstić information content (AvgIpc) is 3.07. The number of ether oxygens (including phenoxy) is 1. The summed E-state index contributed by atoms with van der Waals surface area (Å²) in [7, 11) is 1.34. The zero-order chi connectivity index (χ0) is 34.5. The number of amides is 2. The highest BCUT2D eigenvalue weighted by molar-refractivity contribution is 7.98. The van der Waals surface area contributed by atoms with Crippen LogP contribution in [0, 0.1) is 5.92 Å². The fourth-order valence-corrected chi connectivity index (χ4v) is 6.76. The number of nitrogens with zero attached hydrogens (tertiary/aromatic N) is 2. The molecule has 2 atom stereocenters. The second kappa shape index (κ2) is 18.4. The summed E-state index contributed by atoms with van der Waals surface area (Å²) in [5.41, 5.74) is 4.33. The fourth-order valence-electron chi connectivity index (χ4n) is 6.29. The van der Waals surface area contributed by atoms with Crippen LogP contribution in [-0.2, 0) is 32.1 Å². The Bertz CT molecular complexity index is 1620. The Morgan fingerprint density at radius 3 is 2.19 bits per heavy atom. The fraction of sp³-hybridized carbons (Fsp3) is 0.375. The summed E-state index contributed by atoms with van der Waals surface area (Å²) in [6.07, 6.45) is 4.01. The molecule has 0 radical (unpaired) electrons. The maximum atomic E-state index is 13.6. The summed E-state index contributed by atoms with van der Waals surface area (Å²) >= 11 is 1.61. The first-order chi connectivity index (χ1) is 23.2. The molecule has 0 aliphatic rings. The molecule has 0 aliphatic carbocycles. The molecule has 0 fully saturated rings. The molecule has 0 spiro atoms. The van der Waals surface area contributed by atoms with Crippen molar-refractivity contribution in [1.29, 1.82) is 0 Å². The lowest BCUT2D eigenvalue weighted by Crippen LogP contribution is -2.51. The number of methoxy groups -OCH3 is 1. The van der Waals surface area contributed by atoms with Crippen molar-refractivity contribution >= 4 is 46.0 Å². The van der Waals surface area contributed by atoms with E-state index in [9.17, 15) is 14.4 Å². The van der Waals surface area contributed by atoms with Crippen molar-refractivity contribution in [3.05, 3.63) is 114 Å². The van der Waals surface area contributed by atoms with E-state index < -0.39 is 12.0 Å². The molecule has 2 unspecified atom stereocenters. The molecular weight excluding hydrogens is 619 g/mol. The SMILES string of the molecule is COC(=O)C(CCSC)NC(=O)CN(Cc1cccc2ccccc12)CC(CC(C)C)N(C(C)=O)c1ccc(Cc2ccccc2)cc1.